The number of ether oxygens (including phenoxy) is 1. The molecule has 0 atom stereocenters. The van der Waals surface area contributed by atoms with E-state index in [0.717, 1.165) is 50.7 Å². The topological polar surface area (TPSA) is 71.8 Å². The zero-order chi connectivity index (χ0) is 23.4. The molecule has 0 aliphatic carbocycles. The molecule has 7 nitrogen and oxygen atoms in total. The first-order valence-corrected chi connectivity index (χ1v) is 13.4. The van der Waals surface area contributed by atoms with Crippen LogP contribution in [-0.4, -0.2) is 61.4 Å². The summed E-state index contributed by atoms with van der Waals surface area (Å²) in [5.41, 5.74) is 1.75. The van der Waals surface area contributed by atoms with Crippen molar-refractivity contribution < 1.29 is 17.9 Å². The highest BCUT2D eigenvalue weighted by molar-refractivity contribution is 7.89. The van der Waals surface area contributed by atoms with Crippen LogP contribution in [0.25, 0.3) is 0 Å². The van der Waals surface area contributed by atoms with E-state index in [1.807, 2.05) is 17.0 Å². The van der Waals surface area contributed by atoms with Crippen molar-refractivity contribution in [3.63, 3.8) is 0 Å². The quantitative estimate of drug-likeness (QED) is 0.615. The van der Waals surface area contributed by atoms with Gasteiger partial charge in [0.2, 0.25) is 10.0 Å². The molecule has 2 aliphatic heterocycles. The van der Waals surface area contributed by atoms with Crippen molar-refractivity contribution in [2.45, 2.75) is 49.8 Å². The average molecular weight is 474 g/mol. The van der Waals surface area contributed by atoms with Crippen LogP contribution >= 0.6 is 0 Å². The highest BCUT2D eigenvalue weighted by Crippen LogP contribution is 2.26. The Balaban J connectivity index is 1.33. The number of carbonyl (C=O) groups excluding carboxylic acids is 1. The summed E-state index contributed by atoms with van der Waals surface area (Å²) in [6.07, 6.45) is 8.53. The van der Waals surface area contributed by atoms with Gasteiger partial charge >= 0.3 is 0 Å². The third kappa shape index (κ3) is 5.44. The van der Waals surface area contributed by atoms with Gasteiger partial charge in [0.15, 0.2) is 0 Å². The van der Waals surface area contributed by atoms with Crippen LogP contribution in [-0.2, 0) is 23.5 Å². The van der Waals surface area contributed by atoms with Crippen LogP contribution in [0.15, 0.2) is 41.4 Å². The van der Waals surface area contributed by atoms with Gasteiger partial charge in [0.25, 0.3) is 5.91 Å². The summed E-state index contributed by atoms with van der Waals surface area (Å²) in [5, 5.41) is 0. The van der Waals surface area contributed by atoms with Gasteiger partial charge in [0.05, 0.1) is 7.11 Å². The van der Waals surface area contributed by atoms with E-state index >= 15 is 0 Å². The van der Waals surface area contributed by atoms with Gasteiger partial charge < -0.3 is 14.2 Å². The third-order valence-corrected chi connectivity index (χ3v) is 8.92. The average Bonchev–Trinajstić information content (AvgIpc) is 3.26. The summed E-state index contributed by atoms with van der Waals surface area (Å²) in [4.78, 5) is 15.3. The van der Waals surface area contributed by atoms with E-state index in [-0.39, 0.29) is 10.8 Å². The second kappa shape index (κ2) is 10.3. The fourth-order valence-electron chi connectivity index (χ4n) is 4.89. The Bertz CT molecular complexity index is 1050. The number of aromatic nitrogens is 1. The molecule has 2 aromatic rings. The Labute approximate surface area is 197 Å². The first-order chi connectivity index (χ1) is 15.9. The van der Waals surface area contributed by atoms with Crippen molar-refractivity contribution >= 4 is 15.9 Å². The number of likely N-dealkylation sites (tertiary alicyclic amines) is 1. The summed E-state index contributed by atoms with van der Waals surface area (Å²) in [6.45, 7) is 2.55. The van der Waals surface area contributed by atoms with E-state index in [4.69, 9.17) is 4.74 Å². The molecule has 0 saturated carbocycles. The molecule has 0 N–H and O–H groups in total. The van der Waals surface area contributed by atoms with Crippen LogP contribution < -0.4 is 4.74 Å². The number of hydrogen-bond donors (Lipinski definition) is 0. The Morgan fingerprint density at radius 1 is 1.03 bits per heavy atom. The summed E-state index contributed by atoms with van der Waals surface area (Å²) in [5.74, 6) is 1.39. The van der Waals surface area contributed by atoms with Gasteiger partial charge in [-0.2, -0.15) is 4.31 Å². The van der Waals surface area contributed by atoms with Gasteiger partial charge in [-0.15, -0.1) is 0 Å². The maximum Gasteiger partial charge on any atom is 0.270 e. The number of aryl methyl sites for hydroxylation is 2. The second-order valence-corrected chi connectivity index (χ2v) is 11.2. The molecule has 2 aliphatic rings. The molecular formula is C25H35N3O4S. The first kappa shape index (κ1) is 23.8. The fourth-order valence-corrected chi connectivity index (χ4v) is 6.48. The van der Waals surface area contributed by atoms with Gasteiger partial charge in [-0.05, 0) is 68.2 Å². The molecule has 0 spiro atoms. The van der Waals surface area contributed by atoms with E-state index in [9.17, 15) is 13.2 Å². The summed E-state index contributed by atoms with van der Waals surface area (Å²) >= 11 is 0. The van der Waals surface area contributed by atoms with E-state index in [1.54, 1.807) is 35.3 Å². The Morgan fingerprint density at radius 2 is 1.70 bits per heavy atom. The van der Waals surface area contributed by atoms with Crippen molar-refractivity contribution in [3.8, 4) is 5.75 Å². The molecule has 8 heteroatoms. The molecule has 4 rings (SSSR count). The van der Waals surface area contributed by atoms with Gasteiger partial charge in [-0.25, -0.2) is 8.42 Å². The monoisotopic (exact) mass is 473 g/mol. The molecule has 180 valence electrons. The SMILES string of the molecule is COc1ccc(CCC2CCN(C(=O)c3cc(S(=O)(=O)N4CCCCC4)cn3C)CC2)cc1. The van der Waals surface area contributed by atoms with Crippen molar-refractivity contribution in [2.24, 2.45) is 13.0 Å². The largest absolute Gasteiger partial charge is 0.497 e. The number of amides is 1. The van der Waals surface area contributed by atoms with Gasteiger partial charge in [0.1, 0.15) is 16.3 Å². The smallest absolute Gasteiger partial charge is 0.270 e. The minimum absolute atomic E-state index is 0.0776. The van der Waals surface area contributed by atoms with E-state index in [1.165, 1.54) is 5.56 Å². The maximum absolute atomic E-state index is 13.2. The highest BCUT2D eigenvalue weighted by Gasteiger charge is 2.30. The Morgan fingerprint density at radius 3 is 2.33 bits per heavy atom. The molecule has 1 aromatic carbocycles. The molecule has 2 fully saturated rings. The van der Waals surface area contributed by atoms with E-state index in [2.05, 4.69) is 12.1 Å². The minimum Gasteiger partial charge on any atom is -0.497 e. The highest BCUT2D eigenvalue weighted by atomic mass is 32.2. The number of methoxy groups -OCH3 is 1. The number of nitrogens with zero attached hydrogens (tertiary/aromatic N) is 3. The minimum atomic E-state index is -3.54. The van der Waals surface area contributed by atoms with Crippen molar-refractivity contribution in [1.29, 1.82) is 0 Å². The molecule has 0 radical (unpaired) electrons. The molecule has 33 heavy (non-hydrogen) atoms. The number of piperidine rings is 2. The normalized spacial score (nSPS) is 18.4. The molecule has 3 heterocycles. The van der Waals surface area contributed by atoms with Gasteiger partial charge in [-0.1, -0.05) is 18.6 Å². The van der Waals surface area contributed by atoms with Gasteiger partial charge in [-0.3, -0.25) is 4.79 Å². The Kier molecular flexibility index (Phi) is 7.44. The molecule has 2 saturated heterocycles. The lowest BCUT2D eigenvalue weighted by Crippen LogP contribution is -2.39. The maximum atomic E-state index is 13.2. The molecule has 1 aromatic heterocycles. The van der Waals surface area contributed by atoms with Crippen LogP contribution in [0.4, 0.5) is 0 Å². The van der Waals surface area contributed by atoms with Crippen LogP contribution in [0, 0.1) is 5.92 Å². The standard InChI is InChI=1S/C25H35N3O4S/c1-26-19-23(33(30,31)28-14-4-3-5-15-28)18-24(26)25(29)27-16-12-21(13-17-27)7-6-20-8-10-22(32-2)11-9-20/h8-11,18-19,21H,3-7,12-17H2,1-2H3. The van der Waals surface area contributed by atoms with Crippen molar-refractivity contribution in [3.05, 3.63) is 47.8 Å². The van der Waals surface area contributed by atoms with Crippen LogP contribution in [0.5, 0.6) is 5.75 Å². The van der Waals surface area contributed by atoms with E-state index < -0.39 is 10.0 Å². The van der Waals surface area contributed by atoms with Crippen LogP contribution in [0.3, 0.4) is 0 Å². The summed E-state index contributed by atoms with van der Waals surface area (Å²) in [7, 11) is -0.112. The van der Waals surface area contributed by atoms with Crippen molar-refractivity contribution in [2.75, 3.05) is 33.3 Å². The second-order valence-electron chi connectivity index (χ2n) is 9.26. The first-order valence-electron chi connectivity index (χ1n) is 12.0. The molecular weight excluding hydrogens is 438 g/mol. The number of rotatable bonds is 7. The lowest BCUT2D eigenvalue weighted by molar-refractivity contribution is 0.0677. The number of hydrogen-bond acceptors (Lipinski definition) is 4. The lowest BCUT2D eigenvalue weighted by Gasteiger charge is -2.32. The molecule has 0 unspecified atom stereocenters. The summed E-state index contributed by atoms with van der Waals surface area (Å²) < 4.78 is 34.4. The molecule has 1 amide bonds. The lowest BCUT2D eigenvalue weighted by atomic mass is 9.90. The van der Waals surface area contributed by atoms with Crippen LogP contribution in [0.2, 0.25) is 0 Å². The number of carbonyl (C=O) groups is 1. The summed E-state index contributed by atoms with van der Waals surface area (Å²) in [6, 6.07) is 9.78. The van der Waals surface area contributed by atoms with E-state index in [0.29, 0.717) is 37.8 Å². The fraction of sp³-hybridized carbons (Fsp3) is 0.560. The van der Waals surface area contributed by atoms with Gasteiger partial charge in [0, 0.05) is 39.4 Å². The van der Waals surface area contributed by atoms with Crippen molar-refractivity contribution in [1.82, 2.24) is 13.8 Å². The third-order valence-electron chi connectivity index (χ3n) is 7.05. The van der Waals surface area contributed by atoms with Crippen LogP contribution in [0.1, 0.15) is 54.6 Å². The number of benzene rings is 1. The predicted molar refractivity (Wildman–Crippen MR) is 128 cm³/mol. The zero-order valence-electron chi connectivity index (χ0n) is 19.7. The zero-order valence-corrected chi connectivity index (χ0v) is 20.5. The Hall–Kier alpha value is -2.32. The molecule has 0 bridgehead atoms. The predicted octanol–water partition coefficient (Wildman–Crippen LogP) is 3.69. The number of sulfonamides is 1.